The second-order valence-corrected chi connectivity index (χ2v) is 5.21. The van der Waals surface area contributed by atoms with E-state index in [1.807, 2.05) is 0 Å². The zero-order chi connectivity index (χ0) is 14.3. The highest BCUT2D eigenvalue weighted by molar-refractivity contribution is 5.75. The van der Waals surface area contributed by atoms with Gasteiger partial charge in [0.1, 0.15) is 11.1 Å². The molecule has 2 heterocycles. The maximum Gasteiger partial charge on any atom is 0.337 e. The number of nitrogens with one attached hydrogen (secondary N) is 2. The Labute approximate surface area is 111 Å². The van der Waals surface area contributed by atoms with Gasteiger partial charge in [0, 0.05) is 6.07 Å². The van der Waals surface area contributed by atoms with E-state index in [0.29, 0.717) is 37.7 Å². The monoisotopic (exact) mass is 280 g/mol. The quantitative estimate of drug-likeness (QED) is 0.873. The molecule has 1 aliphatic rings. The van der Waals surface area contributed by atoms with Crippen LogP contribution in [-0.2, 0) is 6.42 Å². The summed E-state index contributed by atoms with van der Waals surface area (Å²) in [4.78, 5) is 38.7. The molecule has 0 aliphatic heterocycles. The summed E-state index contributed by atoms with van der Waals surface area (Å²) in [5.74, 6) is 0. The lowest BCUT2D eigenvalue weighted by Gasteiger charge is -2.06. The van der Waals surface area contributed by atoms with Crippen molar-refractivity contribution in [1.29, 1.82) is 0 Å². The Kier molecular flexibility index (Phi) is 2.84. The molecule has 1 fully saturated rings. The minimum absolute atomic E-state index is 0.136. The topological polar surface area (TPSA) is 95.9 Å². The number of halogens is 1. The first-order chi connectivity index (χ1) is 9.47. The van der Waals surface area contributed by atoms with Crippen LogP contribution >= 0.6 is 0 Å². The first-order valence-corrected chi connectivity index (χ1v) is 6.45. The van der Waals surface area contributed by atoms with Crippen molar-refractivity contribution in [2.24, 2.45) is 0 Å². The van der Waals surface area contributed by atoms with Crippen molar-refractivity contribution in [3.05, 3.63) is 42.9 Å². The number of H-pyrrole nitrogens is 2. The molecule has 2 aromatic heterocycles. The summed E-state index contributed by atoms with van der Waals surface area (Å²) in [7, 11) is 0. The molecular weight excluding hydrogens is 267 g/mol. The maximum absolute atomic E-state index is 13.5. The van der Waals surface area contributed by atoms with Gasteiger partial charge in [-0.1, -0.05) is 0 Å². The molecule has 3 rings (SSSR count). The minimum atomic E-state index is -1.06. The zero-order valence-electron chi connectivity index (χ0n) is 10.6. The summed E-state index contributed by atoms with van der Waals surface area (Å²) in [6.07, 6.45) is 2.50. The zero-order valence-corrected chi connectivity index (χ0v) is 10.6. The molecule has 2 aromatic rings. The molecule has 106 valence electrons. The SMILES string of the molecule is O=c1[nH]c(=O)c2c(CCCC3(F)CC3)cc(=O)oc2[nH]1. The number of alkyl halides is 1. The van der Waals surface area contributed by atoms with E-state index in [1.54, 1.807) is 0 Å². The Bertz CT molecular complexity index is 823. The van der Waals surface area contributed by atoms with E-state index < -0.39 is 22.5 Å². The van der Waals surface area contributed by atoms with Crippen LogP contribution < -0.4 is 16.9 Å². The predicted octanol–water partition coefficient (Wildman–Crippen LogP) is 0.994. The third-order valence-electron chi connectivity index (χ3n) is 3.59. The molecule has 2 N–H and O–H groups in total. The van der Waals surface area contributed by atoms with Crippen molar-refractivity contribution in [1.82, 2.24) is 9.97 Å². The molecule has 0 spiro atoms. The van der Waals surface area contributed by atoms with Gasteiger partial charge in [-0.15, -0.1) is 0 Å². The Morgan fingerprint density at radius 2 is 2.00 bits per heavy atom. The van der Waals surface area contributed by atoms with Gasteiger partial charge in [-0.05, 0) is 37.7 Å². The van der Waals surface area contributed by atoms with Crippen LogP contribution in [0.1, 0.15) is 31.2 Å². The summed E-state index contributed by atoms with van der Waals surface area (Å²) in [5, 5.41) is 0.146. The summed E-state index contributed by atoms with van der Waals surface area (Å²) >= 11 is 0. The number of hydrogen-bond acceptors (Lipinski definition) is 4. The Hall–Kier alpha value is -2.18. The van der Waals surface area contributed by atoms with Crippen molar-refractivity contribution in [3.63, 3.8) is 0 Å². The van der Waals surface area contributed by atoms with Crippen molar-refractivity contribution < 1.29 is 8.81 Å². The molecule has 1 saturated carbocycles. The van der Waals surface area contributed by atoms with Crippen LogP contribution in [0.15, 0.2) is 24.9 Å². The molecule has 1 aliphatic carbocycles. The van der Waals surface area contributed by atoms with Crippen molar-refractivity contribution in [3.8, 4) is 0 Å². The summed E-state index contributed by atoms with van der Waals surface area (Å²) in [6, 6.07) is 1.22. The third-order valence-corrected chi connectivity index (χ3v) is 3.59. The first-order valence-electron chi connectivity index (χ1n) is 6.45. The lowest BCUT2D eigenvalue weighted by atomic mass is 10.0. The normalized spacial score (nSPS) is 16.4. The molecule has 0 bridgehead atoms. The van der Waals surface area contributed by atoms with Crippen LogP contribution in [0.25, 0.3) is 11.1 Å². The van der Waals surface area contributed by atoms with Crippen LogP contribution in [0.5, 0.6) is 0 Å². The fourth-order valence-corrected chi connectivity index (χ4v) is 2.36. The Morgan fingerprint density at radius 3 is 2.70 bits per heavy atom. The van der Waals surface area contributed by atoms with E-state index in [0.717, 1.165) is 0 Å². The van der Waals surface area contributed by atoms with Gasteiger partial charge in [0.05, 0.1) is 0 Å². The van der Waals surface area contributed by atoms with Crippen LogP contribution in [-0.4, -0.2) is 15.6 Å². The number of hydrogen-bond donors (Lipinski definition) is 2. The number of rotatable bonds is 4. The average Bonchev–Trinajstić information content (AvgIpc) is 3.05. The number of aromatic nitrogens is 2. The van der Waals surface area contributed by atoms with Crippen LogP contribution in [0, 0.1) is 0 Å². The smallest absolute Gasteiger partial charge is 0.337 e. The Morgan fingerprint density at radius 1 is 1.25 bits per heavy atom. The molecule has 7 heteroatoms. The maximum atomic E-state index is 13.5. The van der Waals surface area contributed by atoms with Gasteiger partial charge in [0.2, 0.25) is 5.71 Å². The molecule has 0 unspecified atom stereocenters. The first kappa shape index (κ1) is 12.8. The van der Waals surface area contributed by atoms with E-state index in [-0.39, 0.29) is 11.1 Å². The van der Waals surface area contributed by atoms with E-state index >= 15 is 0 Å². The van der Waals surface area contributed by atoms with Crippen molar-refractivity contribution >= 4 is 11.1 Å². The van der Waals surface area contributed by atoms with Crippen LogP contribution in [0.3, 0.4) is 0 Å². The van der Waals surface area contributed by atoms with Gasteiger partial charge in [-0.3, -0.25) is 14.8 Å². The van der Waals surface area contributed by atoms with Gasteiger partial charge in [-0.25, -0.2) is 14.0 Å². The third kappa shape index (κ3) is 2.43. The predicted molar refractivity (Wildman–Crippen MR) is 69.7 cm³/mol. The van der Waals surface area contributed by atoms with E-state index in [1.165, 1.54) is 6.07 Å². The van der Waals surface area contributed by atoms with Crippen molar-refractivity contribution in [2.45, 2.75) is 37.8 Å². The molecule has 20 heavy (non-hydrogen) atoms. The molecule has 0 atom stereocenters. The van der Waals surface area contributed by atoms with Gasteiger partial charge >= 0.3 is 11.3 Å². The lowest BCUT2D eigenvalue weighted by molar-refractivity contribution is 0.284. The average molecular weight is 280 g/mol. The number of aryl methyl sites for hydroxylation is 1. The van der Waals surface area contributed by atoms with Crippen molar-refractivity contribution in [2.75, 3.05) is 0 Å². The molecule has 0 amide bonds. The van der Waals surface area contributed by atoms with E-state index in [2.05, 4.69) is 9.97 Å². The highest BCUT2D eigenvalue weighted by atomic mass is 19.1. The molecule has 6 nitrogen and oxygen atoms in total. The molecule has 0 radical (unpaired) electrons. The fourth-order valence-electron chi connectivity index (χ4n) is 2.36. The lowest BCUT2D eigenvalue weighted by Crippen LogP contribution is -2.24. The molecular formula is C13H13FN2O4. The second kappa shape index (κ2) is 4.43. The second-order valence-electron chi connectivity index (χ2n) is 5.21. The molecule has 0 aromatic carbocycles. The standard InChI is InChI=1S/C13H13FN2O4/c14-13(4-5-13)3-1-2-7-6-8(17)20-11-9(7)10(18)15-12(19)16-11/h6H,1-5H2,(H2,15,16,18,19). The number of fused-ring (bicyclic) bond motifs is 1. The largest absolute Gasteiger partial charge is 0.405 e. The fraction of sp³-hybridized carbons (Fsp3) is 0.462. The highest BCUT2D eigenvalue weighted by Gasteiger charge is 2.42. The summed E-state index contributed by atoms with van der Waals surface area (Å²) in [6.45, 7) is 0. The Balaban J connectivity index is 1.98. The van der Waals surface area contributed by atoms with E-state index in [9.17, 15) is 18.8 Å². The summed E-state index contributed by atoms with van der Waals surface area (Å²) in [5.41, 5.74) is -2.71. The van der Waals surface area contributed by atoms with Gasteiger partial charge in [0.25, 0.3) is 5.56 Å². The van der Waals surface area contributed by atoms with Gasteiger partial charge in [-0.2, -0.15) is 0 Å². The van der Waals surface area contributed by atoms with Crippen LogP contribution in [0.2, 0.25) is 0 Å². The van der Waals surface area contributed by atoms with Crippen LogP contribution in [0.4, 0.5) is 4.39 Å². The minimum Gasteiger partial charge on any atom is -0.405 e. The highest BCUT2D eigenvalue weighted by Crippen LogP contribution is 2.43. The van der Waals surface area contributed by atoms with E-state index in [4.69, 9.17) is 4.42 Å². The molecule has 0 saturated heterocycles. The van der Waals surface area contributed by atoms with Gasteiger partial charge in [0.15, 0.2) is 0 Å². The number of aromatic amines is 2. The van der Waals surface area contributed by atoms with Gasteiger partial charge < -0.3 is 4.42 Å². The summed E-state index contributed by atoms with van der Waals surface area (Å²) < 4.78 is 18.4.